The Kier molecular flexibility index (Phi) is 4.26. The molecule has 0 aliphatic heterocycles. The number of aliphatic imine (C=N–C) groups is 1. The summed E-state index contributed by atoms with van der Waals surface area (Å²) >= 11 is 0. The van der Waals surface area contributed by atoms with Gasteiger partial charge in [0.25, 0.3) is 0 Å². The monoisotopic (exact) mass is 308 g/mol. The van der Waals surface area contributed by atoms with E-state index in [1.165, 1.54) is 7.11 Å². The highest BCUT2D eigenvalue weighted by Crippen LogP contribution is 2.40. The van der Waals surface area contributed by atoms with Crippen LogP contribution in [0.15, 0.2) is 65.7 Å². The highest BCUT2D eigenvalue weighted by molar-refractivity contribution is 6.13. The largest absolute Gasteiger partial charge is 0.469 e. The Morgan fingerprint density at radius 3 is 2.13 bits per heavy atom. The van der Waals surface area contributed by atoms with Crippen LogP contribution in [0.2, 0.25) is 0 Å². The number of carbonyl (C=O) groups excluding carboxylic acids is 1. The fourth-order valence-corrected chi connectivity index (χ4v) is 2.67. The molecule has 2 aromatic carbocycles. The fourth-order valence-electron chi connectivity index (χ4n) is 2.67. The molecular weight excluding hydrogens is 288 g/mol. The van der Waals surface area contributed by atoms with Crippen LogP contribution in [-0.2, 0) is 9.53 Å². The molecule has 118 valence electrons. The second-order valence-electron chi connectivity index (χ2n) is 5.92. The molecule has 0 spiro atoms. The molecule has 1 saturated carbocycles. The minimum Gasteiger partial charge on any atom is -0.469 e. The molecule has 0 saturated heterocycles. The molecule has 4 heteroatoms. The van der Waals surface area contributed by atoms with Gasteiger partial charge in [0.1, 0.15) is 0 Å². The molecule has 2 unspecified atom stereocenters. The molecule has 3 rings (SSSR count). The lowest BCUT2D eigenvalue weighted by Gasteiger charge is -2.10. The van der Waals surface area contributed by atoms with E-state index in [2.05, 4.69) is 0 Å². The average Bonchev–Trinajstić information content (AvgIpc) is 3.23. The zero-order chi connectivity index (χ0) is 16.3. The maximum absolute atomic E-state index is 11.5. The summed E-state index contributed by atoms with van der Waals surface area (Å²) in [6, 6.07) is 20.0. The first-order chi connectivity index (χ1) is 11.1. The van der Waals surface area contributed by atoms with E-state index in [1.807, 2.05) is 60.7 Å². The lowest BCUT2D eigenvalue weighted by Crippen LogP contribution is -2.30. The Labute approximate surface area is 136 Å². The Bertz CT molecular complexity index is 671. The summed E-state index contributed by atoms with van der Waals surface area (Å²) in [5.41, 5.74) is 8.69. The quantitative estimate of drug-likeness (QED) is 0.682. The molecule has 1 aliphatic carbocycles. The predicted molar refractivity (Wildman–Crippen MR) is 90.5 cm³/mol. The second kappa shape index (κ2) is 6.34. The molecule has 0 radical (unpaired) electrons. The van der Waals surface area contributed by atoms with Gasteiger partial charge in [-0.15, -0.1) is 0 Å². The number of methoxy groups -OCH3 is 1. The molecule has 2 aromatic rings. The number of ether oxygens (including phenoxy) is 1. The first kappa shape index (κ1) is 15.4. The van der Waals surface area contributed by atoms with Crippen LogP contribution in [0.4, 0.5) is 0 Å². The topological polar surface area (TPSA) is 64.7 Å². The number of rotatable bonds is 5. The van der Waals surface area contributed by atoms with Crippen LogP contribution in [0.1, 0.15) is 24.0 Å². The van der Waals surface area contributed by atoms with E-state index in [-0.39, 0.29) is 18.4 Å². The summed E-state index contributed by atoms with van der Waals surface area (Å²) in [6.45, 7) is 0. The zero-order valence-corrected chi connectivity index (χ0v) is 13.1. The Morgan fingerprint density at radius 1 is 1.13 bits per heavy atom. The Morgan fingerprint density at radius 2 is 1.65 bits per heavy atom. The van der Waals surface area contributed by atoms with Gasteiger partial charge in [-0.3, -0.25) is 9.79 Å². The van der Waals surface area contributed by atoms with Gasteiger partial charge >= 0.3 is 5.97 Å². The van der Waals surface area contributed by atoms with Crippen molar-refractivity contribution in [2.75, 3.05) is 7.11 Å². The van der Waals surface area contributed by atoms with Crippen molar-refractivity contribution >= 4 is 11.7 Å². The Hall–Kier alpha value is -2.46. The second-order valence-corrected chi connectivity index (χ2v) is 5.92. The van der Waals surface area contributed by atoms with Gasteiger partial charge < -0.3 is 10.5 Å². The van der Waals surface area contributed by atoms with Crippen molar-refractivity contribution in [1.29, 1.82) is 0 Å². The Balaban J connectivity index is 1.90. The van der Waals surface area contributed by atoms with Gasteiger partial charge in [0.2, 0.25) is 0 Å². The number of nitrogens with zero attached hydrogens (tertiary/aromatic N) is 1. The van der Waals surface area contributed by atoms with E-state index < -0.39 is 5.54 Å². The minimum atomic E-state index is -0.581. The van der Waals surface area contributed by atoms with E-state index in [0.29, 0.717) is 6.42 Å². The van der Waals surface area contributed by atoms with Gasteiger partial charge in [-0.1, -0.05) is 60.7 Å². The highest BCUT2D eigenvalue weighted by Gasteiger charge is 2.53. The van der Waals surface area contributed by atoms with E-state index in [4.69, 9.17) is 15.5 Å². The van der Waals surface area contributed by atoms with E-state index in [1.54, 1.807) is 0 Å². The smallest absolute Gasteiger partial charge is 0.307 e. The van der Waals surface area contributed by atoms with Gasteiger partial charge in [-0.2, -0.15) is 0 Å². The van der Waals surface area contributed by atoms with Crippen molar-refractivity contribution in [3.63, 3.8) is 0 Å². The number of hydrogen-bond donors (Lipinski definition) is 1. The van der Waals surface area contributed by atoms with E-state index in [0.717, 1.165) is 16.8 Å². The lowest BCUT2D eigenvalue weighted by atomic mass is 10.0. The normalized spacial score (nSPS) is 22.3. The summed E-state index contributed by atoms with van der Waals surface area (Å²) < 4.78 is 4.72. The average molecular weight is 308 g/mol. The molecule has 2 atom stereocenters. The number of hydrogen-bond acceptors (Lipinski definition) is 4. The van der Waals surface area contributed by atoms with Crippen molar-refractivity contribution < 1.29 is 9.53 Å². The van der Waals surface area contributed by atoms with Crippen molar-refractivity contribution in [2.45, 2.75) is 24.4 Å². The van der Waals surface area contributed by atoms with Crippen LogP contribution in [0, 0.1) is 0 Å². The van der Waals surface area contributed by atoms with Crippen LogP contribution in [0.3, 0.4) is 0 Å². The molecule has 0 aromatic heterocycles. The van der Waals surface area contributed by atoms with Gasteiger partial charge in [0, 0.05) is 11.1 Å². The summed E-state index contributed by atoms with van der Waals surface area (Å²) in [7, 11) is 1.38. The lowest BCUT2D eigenvalue weighted by molar-refractivity contribution is -0.141. The predicted octanol–water partition coefficient (Wildman–Crippen LogP) is 2.56. The van der Waals surface area contributed by atoms with Crippen LogP contribution in [-0.4, -0.2) is 30.4 Å². The number of nitrogens with two attached hydrogens (primary N) is 1. The van der Waals surface area contributed by atoms with Crippen LogP contribution < -0.4 is 5.73 Å². The standard InChI is InChI=1S/C19H20N2O2/c1-23-17(22)13-19(20)12-16(19)21-18(14-8-4-2-5-9-14)15-10-6-3-7-11-15/h2-11,16H,12-13,20H2,1H3. The molecule has 2 N–H and O–H groups in total. The third kappa shape index (κ3) is 3.48. The maximum Gasteiger partial charge on any atom is 0.307 e. The van der Waals surface area contributed by atoms with Gasteiger partial charge in [-0.05, 0) is 6.42 Å². The van der Waals surface area contributed by atoms with Gasteiger partial charge in [0.05, 0.1) is 30.8 Å². The van der Waals surface area contributed by atoms with Crippen LogP contribution in [0.25, 0.3) is 0 Å². The molecule has 0 bridgehead atoms. The molecule has 23 heavy (non-hydrogen) atoms. The van der Waals surface area contributed by atoms with Crippen molar-refractivity contribution in [3.05, 3.63) is 71.8 Å². The van der Waals surface area contributed by atoms with Crippen LogP contribution in [0.5, 0.6) is 0 Å². The summed E-state index contributed by atoms with van der Waals surface area (Å²) in [4.78, 5) is 16.3. The minimum absolute atomic E-state index is 0.0583. The highest BCUT2D eigenvalue weighted by atomic mass is 16.5. The molecule has 0 heterocycles. The summed E-state index contributed by atoms with van der Waals surface area (Å²) in [6.07, 6.45) is 0.903. The first-order valence-electron chi connectivity index (χ1n) is 7.67. The third-order valence-electron chi connectivity index (χ3n) is 4.16. The number of esters is 1. The van der Waals surface area contributed by atoms with E-state index in [9.17, 15) is 4.79 Å². The molecule has 0 amide bonds. The van der Waals surface area contributed by atoms with Crippen molar-refractivity contribution in [1.82, 2.24) is 0 Å². The molecule has 1 fully saturated rings. The number of benzene rings is 2. The zero-order valence-electron chi connectivity index (χ0n) is 13.1. The summed E-state index contributed by atoms with van der Waals surface area (Å²) in [5, 5.41) is 0. The van der Waals surface area contributed by atoms with Crippen molar-refractivity contribution in [2.24, 2.45) is 10.7 Å². The molecular formula is C19H20N2O2. The van der Waals surface area contributed by atoms with Crippen molar-refractivity contribution in [3.8, 4) is 0 Å². The van der Waals surface area contributed by atoms with Crippen LogP contribution >= 0.6 is 0 Å². The molecule has 1 aliphatic rings. The van der Waals surface area contributed by atoms with Gasteiger partial charge in [-0.25, -0.2) is 0 Å². The third-order valence-corrected chi connectivity index (χ3v) is 4.16. The SMILES string of the molecule is COC(=O)CC1(N)CC1N=C(c1ccccc1)c1ccccc1. The first-order valence-corrected chi connectivity index (χ1v) is 7.67. The van der Waals surface area contributed by atoms with E-state index >= 15 is 0 Å². The summed E-state index contributed by atoms with van der Waals surface area (Å²) in [5.74, 6) is -0.286. The fraction of sp³-hybridized carbons (Fsp3) is 0.263. The maximum atomic E-state index is 11.5. The van der Waals surface area contributed by atoms with Gasteiger partial charge in [0.15, 0.2) is 0 Å². The number of carbonyl (C=O) groups is 1. The molecule has 4 nitrogen and oxygen atoms in total.